The largest absolute Gasteiger partial charge is 0.334 e. The van der Waals surface area contributed by atoms with Crippen molar-refractivity contribution in [1.82, 2.24) is 15.0 Å². The van der Waals surface area contributed by atoms with Gasteiger partial charge in [-0.05, 0) is 19.4 Å². The first-order valence-electron chi connectivity index (χ1n) is 6.57. The zero-order chi connectivity index (χ0) is 12.1. The van der Waals surface area contributed by atoms with Crippen LogP contribution in [0.2, 0.25) is 0 Å². The molecule has 0 N–H and O–H groups in total. The van der Waals surface area contributed by atoms with Gasteiger partial charge >= 0.3 is 0 Å². The van der Waals surface area contributed by atoms with E-state index in [1.54, 1.807) is 0 Å². The van der Waals surface area contributed by atoms with Crippen LogP contribution in [-0.2, 0) is 6.42 Å². The summed E-state index contributed by atoms with van der Waals surface area (Å²) in [7, 11) is 0. The third kappa shape index (κ3) is 3.16. The van der Waals surface area contributed by atoms with E-state index in [0.717, 1.165) is 51.1 Å². The highest BCUT2D eigenvalue weighted by Gasteiger charge is 2.17. The van der Waals surface area contributed by atoms with E-state index in [1.165, 1.54) is 5.57 Å². The first-order chi connectivity index (χ1) is 8.33. The van der Waals surface area contributed by atoms with Gasteiger partial charge in [-0.1, -0.05) is 31.5 Å². The second-order valence-corrected chi connectivity index (χ2v) is 4.51. The van der Waals surface area contributed by atoms with Crippen molar-refractivity contribution in [2.45, 2.75) is 39.5 Å². The van der Waals surface area contributed by atoms with Crippen LogP contribution in [0.25, 0.3) is 5.57 Å². The molecule has 4 heteroatoms. The van der Waals surface area contributed by atoms with E-state index in [0.29, 0.717) is 5.89 Å². The molecule has 1 aliphatic rings. The monoisotopic (exact) mass is 235 g/mol. The summed E-state index contributed by atoms with van der Waals surface area (Å²) >= 11 is 0. The molecular weight excluding hydrogens is 214 g/mol. The second-order valence-electron chi connectivity index (χ2n) is 4.51. The number of unbranched alkanes of at least 4 members (excludes halogenated alkanes) is 1. The summed E-state index contributed by atoms with van der Waals surface area (Å²) in [6.45, 7) is 7.50. The molecule has 2 heterocycles. The van der Waals surface area contributed by atoms with E-state index in [2.05, 4.69) is 35.0 Å². The van der Waals surface area contributed by atoms with Gasteiger partial charge in [0.25, 0.3) is 5.89 Å². The summed E-state index contributed by atoms with van der Waals surface area (Å²) < 4.78 is 5.34. The van der Waals surface area contributed by atoms with E-state index in [4.69, 9.17) is 4.52 Å². The fraction of sp³-hybridized carbons (Fsp3) is 0.692. The standard InChI is InChI=1S/C13H21N3O/c1-3-5-8-12-14-13(17-15-12)11-7-6-9-16(4-2)10-11/h7H,3-6,8-10H2,1-2H3. The van der Waals surface area contributed by atoms with Gasteiger partial charge in [0, 0.05) is 25.1 Å². The van der Waals surface area contributed by atoms with Gasteiger partial charge in [-0.25, -0.2) is 0 Å². The molecule has 1 aliphatic heterocycles. The lowest BCUT2D eigenvalue weighted by molar-refractivity contribution is 0.314. The molecule has 17 heavy (non-hydrogen) atoms. The minimum absolute atomic E-state index is 0.717. The normalized spacial score (nSPS) is 17.2. The van der Waals surface area contributed by atoms with E-state index >= 15 is 0 Å². The van der Waals surface area contributed by atoms with Crippen molar-refractivity contribution >= 4 is 5.57 Å². The zero-order valence-corrected chi connectivity index (χ0v) is 10.8. The lowest BCUT2D eigenvalue weighted by Gasteiger charge is -2.23. The average Bonchev–Trinajstić information content (AvgIpc) is 2.85. The van der Waals surface area contributed by atoms with E-state index < -0.39 is 0 Å². The number of hydrogen-bond donors (Lipinski definition) is 0. The summed E-state index contributed by atoms with van der Waals surface area (Å²) in [4.78, 5) is 6.86. The Balaban J connectivity index is 2.01. The molecule has 0 unspecified atom stereocenters. The summed E-state index contributed by atoms with van der Waals surface area (Å²) in [5, 5.41) is 4.03. The number of aromatic nitrogens is 2. The second kappa shape index (κ2) is 5.96. The first kappa shape index (κ1) is 12.3. The van der Waals surface area contributed by atoms with Crippen LogP contribution in [0.1, 0.15) is 44.8 Å². The third-order valence-electron chi connectivity index (χ3n) is 3.17. The minimum atomic E-state index is 0.717. The predicted molar refractivity (Wildman–Crippen MR) is 67.6 cm³/mol. The SMILES string of the molecule is CCCCc1noc(C2=CCCN(CC)C2)n1. The van der Waals surface area contributed by atoms with Crippen molar-refractivity contribution in [2.24, 2.45) is 0 Å². The summed E-state index contributed by atoms with van der Waals surface area (Å²) in [5.74, 6) is 1.56. The van der Waals surface area contributed by atoms with E-state index in [9.17, 15) is 0 Å². The predicted octanol–water partition coefficient (Wildman–Crippen LogP) is 2.52. The van der Waals surface area contributed by atoms with Crippen molar-refractivity contribution < 1.29 is 4.52 Å². The Hall–Kier alpha value is -1.16. The molecule has 0 fully saturated rings. The molecule has 0 saturated heterocycles. The Morgan fingerprint density at radius 2 is 2.29 bits per heavy atom. The van der Waals surface area contributed by atoms with Crippen LogP contribution in [0.15, 0.2) is 10.6 Å². The molecule has 0 aliphatic carbocycles. The van der Waals surface area contributed by atoms with Crippen LogP contribution in [0.3, 0.4) is 0 Å². The Bertz CT molecular complexity index is 384. The number of aryl methyl sites for hydroxylation is 1. The van der Waals surface area contributed by atoms with Gasteiger partial charge in [0.1, 0.15) is 0 Å². The van der Waals surface area contributed by atoms with Crippen molar-refractivity contribution in [1.29, 1.82) is 0 Å². The van der Waals surface area contributed by atoms with Gasteiger partial charge in [-0.2, -0.15) is 4.98 Å². The maximum atomic E-state index is 5.34. The maximum Gasteiger partial charge on any atom is 0.254 e. The number of likely N-dealkylation sites (N-methyl/N-ethyl adjacent to an activating group) is 1. The number of hydrogen-bond acceptors (Lipinski definition) is 4. The molecule has 0 aromatic carbocycles. The van der Waals surface area contributed by atoms with Gasteiger partial charge in [0.2, 0.25) is 0 Å². The molecule has 0 atom stereocenters. The van der Waals surface area contributed by atoms with E-state index in [-0.39, 0.29) is 0 Å². The molecule has 0 saturated carbocycles. The minimum Gasteiger partial charge on any atom is -0.334 e. The number of rotatable bonds is 5. The molecule has 0 radical (unpaired) electrons. The summed E-state index contributed by atoms with van der Waals surface area (Å²) in [6, 6.07) is 0. The van der Waals surface area contributed by atoms with E-state index in [1.807, 2.05) is 0 Å². The van der Waals surface area contributed by atoms with Crippen LogP contribution in [0, 0.1) is 0 Å². The molecule has 0 amide bonds. The third-order valence-corrected chi connectivity index (χ3v) is 3.17. The molecule has 0 spiro atoms. The quantitative estimate of drug-likeness (QED) is 0.786. The Morgan fingerprint density at radius 1 is 1.41 bits per heavy atom. The highest BCUT2D eigenvalue weighted by Crippen LogP contribution is 2.19. The highest BCUT2D eigenvalue weighted by atomic mass is 16.5. The topological polar surface area (TPSA) is 42.2 Å². The van der Waals surface area contributed by atoms with Gasteiger partial charge in [0.15, 0.2) is 5.82 Å². The van der Waals surface area contributed by atoms with Gasteiger partial charge in [0.05, 0.1) is 0 Å². The Morgan fingerprint density at radius 3 is 3.06 bits per heavy atom. The van der Waals surface area contributed by atoms with Gasteiger partial charge < -0.3 is 4.52 Å². The highest BCUT2D eigenvalue weighted by molar-refractivity contribution is 5.60. The van der Waals surface area contributed by atoms with Crippen LogP contribution in [0.5, 0.6) is 0 Å². The average molecular weight is 235 g/mol. The molecule has 1 aromatic rings. The van der Waals surface area contributed by atoms with Crippen molar-refractivity contribution in [3.8, 4) is 0 Å². The van der Waals surface area contributed by atoms with Crippen molar-refractivity contribution in [3.05, 3.63) is 17.8 Å². The fourth-order valence-corrected chi connectivity index (χ4v) is 2.05. The molecule has 4 nitrogen and oxygen atoms in total. The van der Waals surface area contributed by atoms with Crippen LogP contribution in [-0.4, -0.2) is 34.7 Å². The smallest absolute Gasteiger partial charge is 0.254 e. The van der Waals surface area contributed by atoms with Crippen LogP contribution in [0.4, 0.5) is 0 Å². The lowest BCUT2D eigenvalue weighted by atomic mass is 10.1. The van der Waals surface area contributed by atoms with Gasteiger partial charge in [-0.3, -0.25) is 4.90 Å². The molecule has 94 valence electrons. The lowest BCUT2D eigenvalue weighted by Crippen LogP contribution is -2.29. The van der Waals surface area contributed by atoms with Gasteiger partial charge in [-0.15, -0.1) is 0 Å². The zero-order valence-electron chi connectivity index (χ0n) is 10.8. The van der Waals surface area contributed by atoms with Crippen molar-refractivity contribution in [3.63, 3.8) is 0 Å². The van der Waals surface area contributed by atoms with Crippen molar-refractivity contribution in [2.75, 3.05) is 19.6 Å². The summed E-state index contributed by atoms with van der Waals surface area (Å²) in [6.07, 6.45) is 6.51. The molecule has 2 rings (SSSR count). The molecule has 1 aromatic heterocycles. The van der Waals surface area contributed by atoms with Crippen LogP contribution >= 0.6 is 0 Å². The first-order valence-corrected chi connectivity index (χ1v) is 6.57. The molecule has 0 bridgehead atoms. The summed E-state index contributed by atoms with van der Waals surface area (Å²) in [5.41, 5.74) is 1.19. The molecular formula is C13H21N3O. The Labute approximate surface area is 103 Å². The van der Waals surface area contributed by atoms with Crippen LogP contribution < -0.4 is 0 Å². The Kier molecular flexibility index (Phi) is 4.31. The number of nitrogens with zero attached hydrogens (tertiary/aromatic N) is 3. The fourth-order valence-electron chi connectivity index (χ4n) is 2.05. The maximum absolute atomic E-state index is 5.34.